The summed E-state index contributed by atoms with van der Waals surface area (Å²) in [5.74, 6) is 2.37. The van der Waals surface area contributed by atoms with E-state index in [9.17, 15) is 4.79 Å². The van der Waals surface area contributed by atoms with E-state index in [2.05, 4.69) is 24.3 Å². The van der Waals surface area contributed by atoms with Crippen molar-refractivity contribution in [3.05, 3.63) is 45.7 Å². The number of fused-ring (bicyclic) bond motifs is 2. The number of nitrogens with zero attached hydrogens (tertiary/aromatic N) is 1. The quantitative estimate of drug-likeness (QED) is 0.210. The van der Waals surface area contributed by atoms with Gasteiger partial charge >= 0.3 is 0 Å². The van der Waals surface area contributed by atoms with Gasteiger partial charge in [0.15, 0.2) is 0 Å². The van der Waals surface area contributed by atoms with Gasteiger partial charge in [-0.3, -0.25) is 9.69 Å². The molecular weight excluding hydrogens is 516 g/mol. The number of thioether (sulfide) groups is 1. The Hall–Kier alpha value is -1.38. The average molecular weight is 549 g/mol. The Bertz CT molecular complexity index is 1120. The van der Waals surface area contributed by atoms with E-state index in [1.54, 1.807) is 18.4 Å². The normalized spacial score (nSPS) is 24.5. The SMILES string of the molecule is COc1cccc(-c2cc(CCCCCN)c(/C=C3\SC(=S)N(C4CC5CCC4C5)C3=O)s2)c1.Cl. The molecule has 1 aromatic heterocycles. The van der Waals surface area contributed by atoms with Crippen molar-refractivity contribution in [2.45, 2.75) is 57.4 Å². The van der Waals surface area contributed by atoms with Gasteiger partial charge in [0, 0.05) is 15.8 Å². The number of thiocarbonyl (C=S) groups is 1. The molecule has 2 saturated carbocycles. The van der Waals surface area contributed by atoms with Crippen LogP contribution in [-0.2, 0) is 11.2 Å². The molecule has 0 spiro atoms. The molecule has 188 valence electrons. The zero-order valence-electron chi connectivity index (χ0n) is 20.0. The van der Waals surface area contributed by atoms with Crippen molar-refractivity contribution in [1.82, 2.24) is 4.90 Å². The Kier molecular flexibility index (Phi) is 8.98. The predicted molar refractivity (Wildman–Crippen MR) is 154 cm³/mol. The summed E-state index contributed by atoms with van der Waals surface area (Å²) in [4.78, 5) is 18.6. The van der Waals surface area contributed by atoms with E-state index in [4.69, 9.17) is 22.7 Å². The lowest BCUT2D eigenvalue weighted by molar-refractivity contribution is -0.124. The fraction of sp³-hybridized carbons (Fsp3) is 0.481. The van der Waals surface area contributed by atoms with Gasteiger partial charge < -0.3 is 10.5 Å². The summed E-state index contributed by atoms with van der Waals surface area (Å²) in [6, 6.07) is 10.8. The first-order chi connectivity index (χ1) is 16.6. The Labute approximate surface area is 228 Å². The van der Waals surface area contributed by atoms with Gasteiger partial charge in [-0.05, 0) is 92.3 Å². The summed E-state index contributed by atoms with van der Waals surface area (Å²) in [7, 11) is 1.69. The van der Waals surface area contributed by atoms with Crippen LogP contribution in [0.15, 0.2) is 35.2 Å². The molecule has 2 heterocycles. The second kappa shape index (κ2) is 11.8. The average Bonchev–Trinajstić information content (AvgIpc) is 3.62. The van der Waals surface area contributed by atoms with Gasteiger partial charge in [0.1, 0.15) is 10.1 Å². The van der Waals surface area contributed by atoms with Gasteiger partial charge in [-0.15, -0.1) is 23.7 Å². The van der Waals surface area contributed by atoms with Crippen molar-refractivity contribution in [3.8, 4) is 16.2 Å². The van der Waals surface area contributed by atoms with Crippen molar-refractivity contribution in [1.29, 1.82) is 0 Å². The van der Waals surface area contributed by atoms with Gasteiger partial charge in [0.05, 0.1) is 12.0 Å². The maximum Gasteiger partial charge on any atom is 0.266 e. The summed E-state index contributed by atoms with van der Waals surface area (Å²) in [5.41, 5.74) is 8.13. The molecule has 8 heteroatoms. The van der Waals surface area contributed by atoms with Crippen LogP contribution in [0.25, 0.3) is 16.5 Å². The molecule has 2 aliphatic carbocycles. The van der Waals surface area contributed by atoms with Crippen LogP contribution in [0.3, 0.4) is 0 Å². The third kappa shape index (κ3) is 5.64. The maximum atomic E-state index is 13.5. The molecular formula is C27H33ClN2O2S3. The fourth-order valence-corrected chi connectivity index (χ4v) is 8.31. The molecule has 5 rings (SSSR count). The number of aryl methyl sites for hydroxylation is 1. The van der Waals surface area contributed by atoms with E-state index >= 15 is 0 Å². The fourth-order valence-electron chi connectivity index (χ4n) is 5.73. The van der Waals surface area contributed by atoms with E-state index in [1.807, 2.05) is 17.0 Å². The maximum absolute atomic E-state index is 13.5. The number of thiophene rings is 1. The van der Waals surface area contributed by atoms with Crippen LogP contribution >= 0.6 is 47.7 Å². The van der Waals surface area contributed by atoms with Crippen LogP contribution in [0.1, 0.15) is 55.4 Å². The first-order valence-corrected chi connectivity index (χ1v) is 14.4. The number of benzene rings is 1. The molecule has 35 heavy (non-hydrogen) atoms. The van der Waals surface area contributed by atoms with Crippen molar-refractivity contribution in [3.63, 3.8) is 0 Å². The molecule has 3 fully saturated rings. The lowest BCUT2D eigenvalue weighted by Gasteiger charge is -2.30. The van der Waals surface area contributed by atoms with E-state index in [0.717, 1.165) is 65.1 Å². The van der Waals surface area contributed by atoms with Crippen molar-refractivity contribution in [2.75, 3.05) is 13.7 Å². The standard InChI is InChI=1S/C27H32N2O2S3.ClH/c1-31-21-8-5-7-19(14-21)23-15-20(6-3-2-4-11-28)24(33-23)16-25-26(30)29(27(32)34-25)22-13-17-9-10-18(22)12-17;/h5,7-8,14-18,22H,2-4,6,9-13,28H2,1H3;1H/b25-16-;. The Morgan fingerprint density at radius 1 is 1.20 bits per heavy atom. The molecule has 1 saturated heterocycles. The number of carbonyl (C=O) groups is 1. The van der Waals surface area contributed by atoms with Crippen LogP contribution in [0.4, 0.5) is 0 Å². The van der Waals surface area contributed by atoms with Crippen LogP contribution in [0.5, 0.6) is 5.75 Å². The van der Waals surface area contributed by atoms with Gasteiger partial charge in [-0.1, -0.05) is 49.0 Å². The zero-order chi connectivity index (χ0) is 23.7. The molecule has 3 atom stereocenters. The van der Waals surface area contributed by atoms with Crippen LogP contribution in [-0.4, -0.2) is 34.8 Å². The molecule has 4 nitrogen and oxygen atoms in total. The van der Waals surface area contributed by atoms with E-state index in [0.29, 0.717) is 12.0 Å². The summed E-state index contributed by atoms with van der Waals surface area (Å²) >= 11 is 8.94. The highest BCUT2D eigenvalue weighted by molar-refractivity contribution is 8.26. The largest absolute Gasteiger partial charge is 0.497 e. The highest BCUT2D eigenvalue weighted by Gasteiger charge is 2.48. The van der Waals surface area contributed by atoms with E-state index in [-0.39, 0.29) is 18.3 Å². The van der Waals surface area contributed by atoms with E-state index in [1.165, 1.54) is 46.3 Å². The van der Waals surface area contributed by atoms with Crippen molar-refractivity contribution < 1.29 is 9.53 Å². The van der Waals surface area contributed by atoms with Gasteiger partial charge in [-0.25, -0.2) is 0 Å². The summed E-state index contributed by atoms with van der Waals surface area (Å²) in [6.45, 7) is 0.733. The monoisotopic (exact) mass is 548 g/mol. The number of carbonyl (C=O) groups excluding carboxylic acids is 1. The van der Waals surface area contributed by atoms with Gasteiger partial charge in [-0.2, -0.15) is 0 Å². The lowest BCUT2D eigenvalue weighted by atomic mass is 9.94. The first-order valence-electron chi connectivity index (χ1n) is 12.3. The number of halogens is 1. The summed E-state index contributed by atoms with van der Waals surface area (Å²) in [6.07, 6.45) is 11.3. The minimum Gasteiger partial charge on any atom is -0.497 e. The molecule has 1 amide bonds. The molecule has 2 aromatic rings. The number of nitrogens with two attached hydrogens (primary N) is 1. The number of amides is 1. The number of methoxy groups -OCH3 is 1. The van der Waals surface area contributed by atoms with Crippen LogP contribution < -0.4 is 10.5 Å². The topological polar surface area (TPSA) is 55.6 Å². The lowest BCUT2D eigenvalue weighted by Crippen LogP contribution is -2.41. The Morgan fingerprint density at radius 3 is 2.77 bits per heavy atom. The van der Waals surface area contributed by atoms with Crippen LogP contribution in [0.2, 0.25) is 0 Å². The van der Waals surface area contributed by atoms with E-state index < -0.39 is 0 Å². The smallest absolute Gasteiger partial charge is 0.266 e. The highest BCUT2D eigenvalue weighted by Crippen LogP contribution is 2.49. The zero-order valence-corrected chi connectivity index (χ0v) is 23.3. The Morgan fingerprint density at radius 2 is 2.06 bits per heavy atom. The third-order valence-corrected chi connectivity index (χ3v) is 9.97. The highest BCUT2D eigenvalue weighted by atomic mass is 35.5. The van der Waals surface area contributed by atoms with Crippen molar-refractivity contribution in [2.24, 2.45) is 17.6 Å². The number of rotatable bonds is 9. The number of unbranched alkanes of at least 4 members (excludes halogenated alkanes) is 2. The van der Waals surface area contributed by atoms with Crippen molar-refractivity contribution >= 4 is 64.0 Å². The summed E-state index contributed by atoms with van der Waals surface area (Å²) in [5, 5.41) is 0. The molecule has 3 unspecified atom stereocenters. The number of hydrogen-bond donors (Lipinski definition) is 1. The first kappa shape index (κ1) is 26.7. The molecule has 3 aliphatic rings. The molecule has 2 N–H and O–H groups in total. The number of hydrogen-bond acceptors (Lipinski definition) is 6. The molecule has 2 bridgehead atoms. The molecule has 0 radical (unpaired) electrons. The number of ether oxygens (including phenoxy) is 1. The summed E-state index contributed by atoms with van der Waals surface area (Å²) < 4.78 is 6.17. The minimum atomic E-state index is 0. The van der Waals surface area contributed by atoms with Gasteiger partial charge in [0.2, 0.25) is 0 Å². The Balaban J connectivity index is 0.00000289. The predicted octanol–water partition coefficient (Wildman–Crippen LogP) is 6.91. The minimum absolute atomic E-state index is 0. The molecule has 1 aliphatic heterocycles. The second-order valence-corrected chi connectivity index (χ2v) is 12.4. The van der Waals surface area contributed by atoms with Gasteiger partial charge in [0.25, 0.3) is 5.91 Å². The van der Waals surface area contributed by atoms with Crippen LogP contribution in [0, 0.1) is 11.8 Å². The molecule has 1 aromatic carbocycles. The third-order valence-electron chi connectivity index (χ3n) is 7.46. The second-order valence-electron chi connectivity index (χ2n) is 9.63.